The number of rotatable bonds is 7. The number of hydrogen-bond donors (Lipinski definition) is 0. The first-order chi connectivity index (χ1) is 15.0. The lowest BCUT2D eigenvalue weighted by atomic mass is 10.1. The SMILES string of the molecule is Cc1ccc(C(=O)N(Cc2nccn2Cc2ccc(Cl)cc2Cl)CC2CCCO2)cc1. The molecule has 7 heteroatoms. The Morgan fingerprint density at radius 1 is 1.23 bits per heavy atom. The van der Waals surface area contributed by atoms with E-state index in [2.05, 4.69) is 4.98 Å². The molecule has 0 aliphatic carbocycles. The van der Waals surface area contributed by atoms with Crippen molar-refractivity contribution in [2.75, 3.05) is 13.2 Å². The van der Waals surface area contributed by atoms with Crippen LogP contribution in [0.1, 0.15) is 40.2 Å². The molecule has 0 bridgehead atoms. The highest BCUT2D eigenvalue weighted by Crippen LogP contribution is 2.23. The van der Waals surface area contributed by atoms with Gasteiger partial charge >= 0.3 is 0 Å². The van der Waals surface area contributed by atoms with Gasteiger partial charge < -0.3 is 14.2 Å². The molecule has 0 spiro atoms. The summed E-state index contributed by atoms with van der Waals surface area (Å²) in [5, 5.41) is 1.21. The minimum atomic E-state index is -0.0189. The Kier molecular flexibility index (Phi) is 6.96. The van der Waals surface area contributed by atoms with Crippen LogP contribution in [0.15, 0.2) is 54.9 Å². The molecular formula is C24H25Cl2N3O2. The number of ether oxygens (including phenoxy) is 1. The van der Waals surface area contributed by atoms with E-state index in [1.165, 1.54) is 0 Å². The molecule has 1 aliphatic rings. The Morgan fingerprint density at radius 3 is 2.74 bits per heavy atom. The molecular weight excluding hydrogens is 433 g/mol. The Morgan fingerprint density at radius 2 is 2.03 bits per heavy atom. The summed E-state index contributed by atoms with van der Waals surface area (Å²) in [5.74, 6) is 0.777. The molecule has 0 N–H and O–H groups in total. The number of hydrogen-bond acceptors (Lipinski definition) is 3. The van der Waals surface area contributed by atoms with Gasteiger partial charge in [0, 0.05) is 41.2 Å². The molecule has 2 aromatic carbocycles. The second-order valence-corrected chi connectivity index (χ2v) is 8.74. The van der Waals surface area contributed by atoms with Gasteiger partial charge in [0.2, 0.25) is 0 Å². The molecule has 162 valence electrons. The van der Waals surface area contributed by atoms with Gasteiger partial charge in [0.05, 0.1) is 19.2 Å². The molecule has 0 saturated carbocycles. The molecule has 31 heavy (non-hydrogen) atoms. The number of aryl methyl sites for hydroxylation is 1. The van der Waals surface area contributed by atoms with Crippen molar-refractivity contribution >= 4 is 29.1 Å². The maximum atomic E-state index is 13.3. The average Bonchev–Trinajstić information content (AvgIpc) is 3.42. The third-order valence-electron chi connectivity index (χ3n) is 5.52. The van der Waals surface area contributed by atoms with Gasteiger partial charge in [0.25, 0.3) is 5.91 Å². The van der Waals surface area contributed by atoms with Crippen LogP contribution in [0.25, 0.3) is 0 Å². The van der Waals surface area contributed by atoms with Crippen molar-refractivity contribution in [2.24, 2.45) is 0 Å². The van der Waals surface area contributed by atoms with E-state index in [4.69, 9.17) is 27.9 Å². The minimum absolute atomic E-state index is 0.0189. The number of nitrogens with zero attached hydrogens (tertiary/aromatic N) is 3. The fourth-order valence-corrected chi connectivity index (χ4v) is 4.24. The molecule has 1 unspecified atom stereocenters. The van der Waals surface area contributed by atoms with Crippen molar-refractivity contribution in [3.05, 3.63) is 87.4 Å². The molecule has 4 rings (SSSR count). The second-order valence-electron chi connectivity index (χ2n) is 7.89. The van der Waals surface area contributed by atoms with Crippen LogP contribution < -0.4 is 0 Å². The fraction of sp³-hybridized carbons (Fsp3) is 0.333. The van der Waals surface area contributed by atoms with Crippen molar-refractivity contribution in [3.8, 4) is 0 Å². The Balaban J connectivity index is 1.56. The summed E-state index contributed by atoms with van der Waals surface area (Å²) >= 11 is 12.4. The van der Waals surface area contributed by atoms with E-state index in [1.54, 1.807) is 12.3 Å². The molecule has 3 aromatic rings. The van der Waals surface area contributed by atoms with E-state index in [9.17, 15) is 4.79 Å². The molecule has 1 atom stereocenters. The monoisotopic (exact) mass is 457 g/mol. The van der Waals surface area contributed by atoms with E-state index in [0.29, 0.717) is 35.2 Å². The number of benzene rings is 2. The highest BCUT2D eigenvalue weighted by molar-refractivity contribution is 6.35. The molecule has 1 amide bonds. The summed E-state index contributed by atoms with van der Waals surface area (Å²) in [6.07, 6.45) is 5.71. The van der Waals surface area contributed by atoms with Crippen LogP contribution in [0, 0.1) is 6.92 Å². The smallest absolute Gasteiger partial charge is 0.254 e. The molecule has 1 fully saturated rings. The van der Waals surface area contributed by atoms with Crippen LogP contribution in [-0.4, -0.2) is 39.6 Å². The van der Waals surface area contributed by atoms with Crippen LogP contribution in [0.3, 0.4) is 0 Å². The highest BCUT2D eigenvalue weighted by atomic mass is 35.5. The summed E-state index contributed by atoms with van der Waals surface area (Å²) in [6.45, 7) is 4.25. The summed E-state index contributed by atoms with van der Waals surface area (Å²) < 4.78 is 7.82. The Bertz CT molecular complexity index is 1040. The molecule has 2 heterocycles. The van der Waals surface area contributed by atoms with Crippen LogP contribution >= 0.6 is 23.2 Å². The minimum Gasteiger partial charge on any atom is -0.376 e. The van der Waals surface area contributed by atoms with Crippen molar-refractivity contribution in [3.63, 3.8) is 0 Å². The first-order valence-corrected chi connectivity index (χ1v) is 11.2. The number of halogens is 2. The van der Waals surface area contributed by atoms with E-state index in [-0.39, 0.29) is 12.0 Å². The molecule has 0 radical (unpaired) electrons. The zero-order chi connectivity index (χ0) is 21.8. The van der Waals surface area contributed by atoms with Crippen molar-refractivity contribution in [2.45, 2.75) is 39.0 Å². The van der Waals surface area contributed by atoms with Gasteiger partial charge in [-0.2, -0.15) is 0 Å². The van der Waals surface area contributed by atoms with Crippen LogP contribution in [0.5, 0.6) is 0 Å². The predicted octanol–water partition coefficient (Wildman–Crippen LogP) is 5.37. The average molecular weight is 458 g/mol. The zero-order valence-electron chi connectivity index (χ0n) is 17.4. The van der Waals surface area contributed by atoms with E-state index < -0.39 is 0 Å². The van der Waals surface area contributed by atoms with E-state index >= 15 is 0 Å². The van der Waals surface area contributed by atoms with Crippen molar-refractivity contribution in [1.82, 2.24) is 14.5 Å². The number of imidazole rings is 1. The van der Waals surface area contributed by atoms with Crippen LogP contribution in [0.2, 0.25) is 10.0 Å². The molecule has 5 nitrogen and oxygen atoms in total. The maximum Gasteiger partial charge on any atom is 0.254 e. The van der Waals surface area contributed by atoms with Crippen molar-refractivity contribution in [1.29, 1.82) is 0 Å². The summed E-state index contributed by atoms with van der Waals surface area (Å²) in [6, 6.07) is 13.1. The lowest BCUT2D eigenvalue weighted by Crippen LogP contribution is -2.37. The van der Waals surface area contributed by atoms with E-state index in [0.717, 1.165) is 36.4 Å². The maximum absolute atomic E-state index is 13.3. The van der Waals surface area contributed by atoms with Gasteiger partial charge in [-0.05, 0) is 49.6 Å². The third kappa shape index (κ3) is 5.48. The fourth-order valence-electron chi connectivity index (χ4n) is 3.77. The topological polar surface area (TPSA) is 47.4 Å². The molecule has 1 aliphatic heterocycles. The van der Waals surface area contributed by atoms with Gasteiger partial charge in [-0.3, -0.25) is 4.79 Å². The molecule has 1 aromatic heterocycles. The standard InChI is InChI=1S/C24H25Cl2N3O2/c1-17-4-6-18(7-5-17)24(30)29(15-21-3-2-12-31-21)16-23-27-10-11-28(23)14-19-8-9-20(25)13-22(19)26/h4-11,13,21H,2-3,12,14-16H2,1H3. The Labute approximate surface area is 192 Å². The van der Waals surface area contributed by atoms with Gasteiger partial charge in [-0.15, -0.1) is 0 Å². The summed E-state index contributed by atoms with van der Waals surface area (Å²) in [5.41, 5.74) is 2.74. The summed E-state index contributed by atoms with van der Waals surface area (Å²) in [7, 11) is 0. The number of amides is 1. The van der Waals surface area contributed by atoms with Crippen LogP contribution in [-0.2, 0) is 17.8 Å². The normalized spacial score (nSPS) is 15.9. The quantitative estimate of drug-likeness (QED) is 0.479. The zero-order valence-corrected chi connectivity index (χ0v) is 18.9. The lowest BCUT2D eigenvalue weighted by molar-refractivity contribution is 0.0499. The van der Waals surface area contributed by atoms with Gasteiger partial charge in [-0.25, -0.2) is 4.98 Å². The summed E-state index contributed by atoms with van der Waals surface area (Å²) in [4.78, 5) is 19.7. The van der Waals surface area contributed by atoms with Gasteiger partial charge in [-0.1, -0.05) is 47.0 Å². The van der Waals surface area contributed by atoms with Crippen molar-refractivity contribution < 1.29 is 9.53 Å². The lowest BCUT2D eigenvalue weighted by Gasteiger charge is -2.26. The molecule has 1 saturated heterocycles. The van der Waals surface area contributed by atoms with Gasteiger partial charge in [0.15, 0.2) is 0 Å². The number of carbonyl (C=O) groups is 1. The predicted molar refractivity (Wildman–Crippen MR) is 123 cm³/mol. The second kappa shape index (κ2) is 9.86. The van der Waals surface area contributed by atoms with E-state index in [1.807, 2.05) is 59.0 Å². The first-order valence-electron chi connectivity index (χ1n) is 10.4. The third-order valence-corrected chi connectivity index (χ3v) is 6.11. The first kappa shape index (κ1) is 21.9. The van der Waals surface area contributed by atoms with Gasteiger partial charge in [0.1, 0.15) is 5.82 Å². The Hall–Kier alpha value is -2.34. The largest absolute Gasteiger partial charge is 0.376 e. The van der Waals surface area contributed by atoms with Crippen LogP contribution in [0.4, 0.5) is 0 Å². The number of carbonyl (C=O) groups excluding carboxylic acids is 1. The highest BCUT2D eigenvalue weighted by Gasteiger charge is 2.25. The number of aromatic nitrogens is 2.